The molecule has 1 aliphatic carbocycles. The number of piperidine rings is 1. The number of thiocarbonyl (C=S) groups is 1. The number of halogens is 1. The largest absolute Gasteiger partial charge is 0.362 e. The van der Waals surface area contributed by atoms with Crippen molar-refractivity contribution in [3.63, 3.8) is 0 Å². The lowest BCUT2D eigenvalue weighted by atomic mass is 9.79. The normalized spacial score (nSPS) is 22.9. The van der Waals surface area contributed by atoms with E-state index in [1.165, 1.54) is 24.8 Å². The molecule has 2 N–H and O–H groups in total. The van der Waals surface area contributed by atoms with E-state index in [9.17, 15) is 4.39 Å². The molecule has 2 atom stereocenters. The van der Waals surface area contributed by atoms with Crippen molar-refractivity contribution >= 4 is 28.8 Å². The van der Waals surface area contributed by atoms with Crippen molar-refractivity contribution in [1.82, 2.24) is 10.3 Å². The van der Waals surface area contributed by atoms with Gasteiger partial charge >= 0.3 is 0 Å². The van der Waals surface area contributed by atoms with Gasteiger partial charge in [0.2, 0.25) is 0 Å². The minimum atomic E-state index is -0.188. The third kappa shape index (κ3) is 5.35. The Balaban J connectivity index is 1.34. The van der Waals surface area contributed by atoms with Gasteiger partial charge in [0.05, 0.1) is 11.9 Å². The summed E-state index contributed by atoms with van der Waals surface area (Å²) in [5.41, 5.74) is 2.10. The standard InChI is InChI=1S/C25H33FN4S/c1-18-13-19(2)16-30(15-18)23-10-9-22(14-27-23)29-24(31)28-17-25(11-3-4-12-25)20-5-7-21(26)8-6-20/h5-10,14,18-19H,3-4,11-13,15-17H2,1-2H3,(H2,28,29,31)/t18-,19+. The maximum atomic E-state index is 13.4. The van der Waals surface area contributed by atoms with E-state index in [4.69, 9.17) is 12.2 Å². The van der Waals surface area contributed by atoms with Crippen LogP contribution in [0.15, 0.2) is 42.6 Å². The monoisotopic (exact) mass is 440 g/mol. The lowest BCUT2D eigenvalue weighted by Crippen LogP contribution is -2.41. The van der Waals surface area contributed by atoms with Crippen molar-refractivity contribution in [2.24, 2.45) is 11.8 Å². The summed E-state index contributed by atoms with van der Waals surface area (Å²) >= 11 is 5.56. The van der Waals surface area contributed by atoms with Crippen molar-refractivity contribution in [1.29, 1.82) is 0 Å². The maximum Gasteiger partial charge on any atom is 0.170 e. The predicted octanol–water partition coefficient (Wildman–Crippen LogP) is 5.50. The Morgan fingerprint density at radius 2 is 1.77 bits per heavy atom. The molecule has 4 nitrogen and oxygen atoms in total. The van der Waals surface area contributed by atoms with E-state index in [1.54, 1.807) is 12.1 Å². The van der Waals surface area contributed by atoms with Crippen LogP contribution >= 0.6 is 12.2 Å². The molecular formula is C25H33FN4S. The molecule has 2 fully saturated rings. The Morgan fingerprint density at radius 1 is 1.10 bits per heavy atom. The topological polar surface area (TPSA) is 40.2 Å². The molecule has 1 aliphatic heterocycles. The fourth-order valence-corrected chi connectivity index (χ4v) is 5.53. The van der Waals surface area contributed by atoms with Crippen LogP contribution in [0.5, 0.6) is 0 Å². The Kier molecular flexibility index (Phi) is 6.75. The van der Waals surface area contributed by atoms with Gasteiger partial charge in [0.1, 0.15) is 11.6 Å². The average molecular weight is 441 g/mol. The first-order valence-corrected chi connectivity index (χ1v) is 11.9. The third-order valence-corrected chi connectivity index (χ3v) is 7.05. The molecule has 166 valence electrons. The van der Waals surface area contributed by atoms with Gasteiger partial charge in [-0.3, -0.25) is 0 Å². The first-order valence-electron chi connectivity index (χ1n) is 11.5. The average Bonchev–Trinajstić information content (AvgIpc) is 3.23. The van der Waals surface area contributed by atoms with Crippen LogP contribution in [0, 0.1) is 17.7 Å². The Labute approximate surface area is 190 Å². The number of pyridine rings is 1. The van der Waals surface area contributed by atoms with Crippen molar-refractivity contribution in [3.05, 3.63) is 54.0 Å². The van der Waals surface area contributed by atoms with E-state index in [0.717, 1.165) is 44.0 Å². The number of hydrogen-bond donors (Lipinski definition) is 2. The molecule has 0 amide bonds. The van der Waals surface area contributed by atoms with Crippen molar-refractivity contribution in [3.8, 4) is 0 Å². The van der Waals surface area contributed by atoms with Crippen molar-refractivity contribution < 1.29 is 4.39 Å². The lowest BCUT2D eigenvalue weighted by Gasteiger charge is -2.35. The number of aromatic nitrogens is 1. The lowest BCUT2D eigenvalue weighted by molar-refractivity contribution is 0.355. The molecule has 0 bridgehead atoms. The summed E-state index contributed by atoms with van der Waals surface area (Å²) in [4.78, 5) is 7.05. The molecule has 1 aromatic carbocycles. The molecule has 31 heavy (non-hydrogen) atoms. The molecule has 0 unspecified atom stereocenters. The zero-order chi connectivity index (χ0) is 21.8. The second kappa shape index (κ2) is 9.51. The number of anilines is 2. The first kappa shape index (κ1) is 22.0. The number of rotatable bonds is 5. The SMILES string of the molecule is C[C@@H]1C[C@H](C)CN(c2ccc(NC(=S)NCC3(c4ccc(F)cc4)CCCC3)cn2)C1. The zero-order valence-electron chi connectivity index (χ0n) is 18.5. The van der Waals surface area contributed by atoms with Crippen LogP contribution in [0.4, 0.5) is 15.9 Å². The van der Waals surface area contributed by atoms with Crippen LogP contribution in [-0.4, -0.2) is 29.7 Å². The van der Waals surface area contributed by atoms with Gasteiger partial charge < -0.3 is 15.5 Å². The highest BCUT2D eigenvalue weighted by molar-refractivity contribution is 7.80. The van der Waals surface area contributed by atoms with Crippen molar-refractivity contribution in [2.75, 3.05) is 29.9 Å². The number of nitrogens with one attached hydrogen (secondary N) is 2. The van der Waals surface area contributed by atoms with Crippen LogP contribution in [0.1, 0.15) is 51.5 Å². The van der Waals surface area contributed by atoms with E-state index in [0.29, 0.717) is 16.9 Å². The van der Waals surface area contributed by atoms with E-state index < -0.39 is 0 Å². The van der Waals surface area contributed by atoms with E-state index in [1.807, 2.05) is 24.4 Å². The Bertz CT molecular complexity index is 867. The molecule has 2 heterocycles. The molecule has 1 saturated carbocycles. The van der Waals surface area contributed by atoms with Crippen LogP contribution in [0.3, 0.4) is 0 Å². The van der Waals surface area contributed by atoms with Gasteiger partial charge in [0, 0.05) is 25.0 Å². The summed E-state index contributed by atoms with van der Waals surface area (Å²) in [7, 11) is 0. The van der Waals surface area contributed by atoms with Gasteiger partial charge in [-0.1, -0.05) is 38.8 Å². The van der Waals surface area contributed by atoms with E-state index in [-0.39, 0.29) is 11.2 Å². The molecular weight excluding hydrogens is 407 g/mol. The number of nitrogens with zero attached hydrogens (tertiary/aromatic N) is 2. The fraction of sp³-hybridized carbons (Fsp3) is 0.520. The summed E-state index contributed by atoms with van der Waals surface area (Å²) in [6.07, 6.45) is 7.72. The quantitative estimate of drug-likeness (QED) is 0.601. The molecule has 1 saturated heterocycles. The van der Waals surface area contributed by atoms with E-state index >= 15 is 0 Å². The highest BCUT2D eigenvalue weighted by Crippen LogP contribution is 2.40. The molecule has 2 aromatic rings. The van der Waals surface area contributed by atoms with Crippen LogP contribution in [-0.2, 0) is 5.41 Å². The van der Waals surface area contributed by atoms with Gasteiger partial charge in [-0.2, -0.15) is 0 Å². The smallest absolute Gasteiger partial charge is 0.170 e. The Morgan fingerprint density at radius 3 is 2.39 bits per heavy atom. The first-order chi connectivity index (χ1) is 14.9. The van der Waals surface area contributed by atoms with Gasteiger partial charge in [-0.25, -0.2) is 9.37 Å². The molecule has 0 spiro atoms. The molecule has 6 heteroatoms. The van der Waals surface area contributed by atoms with Gasteiger partial charge in [-0.15, -0.1) is 0 Å². The van der Waals surface area contributed by atoms with Gasteiger partial charge in [0.15, 0.2) is 5.11 Å². The van der Waals surface area contributed by atoms with Gasteiger partial charge in [0.25, 0.3) is 0 Å². The fourth-order valence-electron chi connectivity index (χ4n) is 5.34. The van der Waals surface area contributed by atoms with Crippen LogP contribution in [0.2, 0.25) is 0 Å². The third-order valence-electron chi connectivity index (χ3n) is 6.80. The van der Waals surface area contributed by atoms with Crippen molar-refractivity contribution in [2.45, 2.75) is 51.4 Å². The van der Waals surface area contributed by atoms with Crippen LogP contribution in [0.25, 0.3) is 0 Å². The zero-order valence-corrected chi connectivity index (χ0v) is 19.4. The summed E-state index contributed by atoms with van der Waals surface area (Å²) < 4.78 is 13.4. The minimum absolute atomic E-state index is 0.0171. The maximum absolute atomic E-state index is 13.4. The summed E-state index contributed by atoms with van der Waals surface area (Å²) in [5, 5.41) is 7.28. The highest BCUT2D eigenvalue weighted by atomic mass is 32.1. The molecule has 2 aliphatic rings. The molecule has 0 radical (unpaired) electrons. The molecule has 1 aromatic heterocycles. The second-order valence-electron chi connectivity index (χ2n) is 9.56. The van der Waals surface area contributed by atoms with Crippen LogP contribution < -0.4 is 15.5 Å². The highest BCUT2D eigenvalue weighted by Gasteiger charge is 2.35. The minimum Gasteiger partial charge on any atom is -0.362 e. The summed E-state index contributed by atoms with van der Waals surface area (Å²) in [5.74, 6) is 2.24. The van der Waals surface area contributed by atoms with Gasteiger partial charge in [-0.05, 0) is 73.1 Å². The molecule has 4 rings (SSSR count). The Hall–Kier alpha value is -2.21. The van der Waals surface area contributed by atoms with E-state index in [2.05, 4.69) is 40.4 Å². The number of benzene rings is 1. The summed E-state index contributed by atoms with van der Waals surface area (Å²) in [6, 6.07) is 11.1. The second-order valence-corrected chi connectivity index (χ2v) is 9.97. The number of hydrogen-bond acceptors (Lipinski definition) is 3. The predicted molar refractivity (Wildman–Crippen MR) is 130 cm³/mol. The summed E-state index contributed by atoms with van der Waals surface area (Å²) in [6.45, 7) is 7.50.